The van der Waals surface area contributed by atoms with Gasteiger partial charge in [-0.15, -0.1) is 0 Å². The van der Waals surface area contributed by atoms with E-state index in [4.69, 9.17) is 5.11 Å². The molecule has 0 spiro atoms. The summed E-state index contributed by atoms with van der Waals surface area (Å²) in [6.45, 7) is 2.30. The van der Waals surface area contributed by atoms with Gasteiger partial charge in [-0.05, 0) is 24.1 Å². The summed E-state index contributed by atoms with van der Waals surface area (Å²) < 4.78 is 36.4. The molecule has 1 atom stereocenters. The lowest BCUT2D eigenvalue weighted by Crippen LogP contribution is -2.31. The highest BCUT2D eigenvalue weighted by molar-refractivity contribution is 5.94. The van der Waals surface area contributed by atoms with Crippen molar-refractivity contribution in [3.8, 4) is 0 Å². The zero-order valence-electron chi connectivity index (χ0n) is 11.0. The van der Waals surface area contributed by atoms with Crippen LogP contribution in [0.3, 0.4) is 0 Å². The van der Waals surface area contributed by atoms with Crippen LogP contribution in [0.5, 0.6) is 0 Å². The number of amides is 1. The summed E-state index contributed by atoms with van der Waals surface area (Å²) in [6, 6.07) is 6.06. The van der Waals surface area contributed by atoms with Crippen molar-refractivity contribution in [2.24, 2.45) is 0 Å². The van der Waals surface area contributed by atoms with Crippen LogP contribution in [-0.2, 0) is 11.3 Å². The Kier molecular flexibility index (Phi) is 5.97. The molecule has 0 saturated carbocycles. The van der Waals surface area contributed by atoms with E-state index in [0.717, 1.165) is 12.0 Å². The van der Waals surface area contributed by atoms with Gasteiger partial charge in [-0.25, -0.2) is 0 Å². The number of halogens is 3. The van der Waals surface area contributed by atoms with Gasteiger partial charge in [-0.2, -0.15) is 13.2 Å². The maximum atomic E-state index is 12.1. The molecule has 0 fully saturated rings. The van der Waals surface area contributed by atoms with Crippen molar-refractivity contribution < 1.29 is 23.1 Å². The van der Waals surface area contributed by atoms with E-state index in [0.29, 0.717) is 6.54 Å². The first-order valence-corrected chi connectivity index (χ1v) is 6.18. The smallest absolute Gasteiger partial charge is 0.395 e. The number of carbonyl (C=O) groups is 1. The predicted molar refractivity (Wildman–Crippen MR) is 69.1 cm³/mol. The van der Waals surface area contributed by atoms with Gasteiger partial charge in [0.05, 0.1) is 6.61 Å². The lowest BCUT2D eigenvalue weighted by molar-refractivity contribution is -0.167. The minimum Gasteiger partial charge on any atom is -0.395 e. The van der Waals surface area contributed by atoms with E-state index in [1.807, 2.05) is 6.92 Å². The largest absolute Gasteiger partial charge is 0.471 e. The van der Waals surface area contributed by atoms with Crippen LogP contribution < -0.4 is 10.6 Å². The summed E-state index contributed by atoms with van der Waals surface area (Å²) in [5.74, 6) is -2.00. The molecular weight excluding hydrogens is 273 g/mol. The number of benzene rings is 1. The highest BCUT2D eigenvalue weighted by Gasteiger charge is 2.38. The maximum Gasteiger partial charge on any atom is 0.471 e. The Morgan fingerprint density at radius 2 is 2.10 bits per heavy atom. The van der Waals surface area contributed by atoms with Gasteiger partial charge in [0.15, 0.2) is 0 Å². The molecule has 0 aliphatic heterocycles. The van der Waals surface area contributed by atoms with Crippen LogP contribution in [0.1, 0.15) is 18.9 Å². The van der Waals surface area contributed by atoms with Gasteiger partial charge >= 0.3 is 12.1 Å². The van der Waals surface area contributed by atoms with Crippen molar-refractivity contribution in [1.29, 1.82) is 0 Å². The summed E-state index contributed by atoms with van der Waals surface area (Å²) in [4.78, 5) is 10.8. The van der Waals surface area contributed by atoms with E-state index in [9.17, 15) is 18.0 Å². The minimum atomic E-state index is -4.90. The van der Waals surface area contributed by atoms with Gasteiger partial charge in [-0.1, -0.05) is 19.1 Å². The standard InChI is InChI=1S/C13H17F3N2O2/c1-2-10(8-19)17-7-9-4-3-5-11(6-9)18-12(20)13(14,15)16/h3-6,10,17,19H,2,7-8H2,1H3,(H,18,20)/t10-/m1/s1. The van der Waals surface area contributed by atoms with Crippen molar-refractivity contribution in [3.05, 3.63) is 29.8 Å². The number of anilines is 1. The molecule has 7 heteroatoms. The van der Waals surface area contributed by atoms with E-state index in [1.54, 1.807) is 17.4 Å². The third-order valence-electron chi connectivity index (χ3n) is 2.75. The lowest BCUT2D eigenvalue weighted by atomic mass is 10.1. The van der Waals surface area contributed by atoms with Gasteiger partial charge in [-0.3, -0.25) is 4.79 Å². The number of nitrogens with one attached hydrogen (secondary N) is 2. The predicted octanol–water partition coefficient (Wildman–Crippen LogP) is 2.05. The molecule has 0 unspecified atom stereocenters. The number of alkyl halides is 3. The van der Waals surface area contributed by atoms with Crippen LogP contribution in [-0.4, -0.2) is 29.8 Å². The normalized spacial score (nSPS) is 13.1. The third-order valence-corrected chi connectivity index (χ3v) is 2.75. The molecule has 1 amide bonds. The molecule has 0 aromatic heterocycles. The van der Waals surface area contributed by atoms with Crippen molar-refractivity contribution in [2.75, 3.05) is 11.9 Å². The average molecular weight is 290 g/mol. The fraction of sp³-hybridized carbons (Fsp3) is 0.462. The zero-order valence-corrected chi connectivity index (χ0v) is 11.0. The first-order valence-electron chi connectivity index (χ1n) is 6.18. The Bertz CT molecular complexity index is 445. The third kappa shape index (κ3) is 5.18. The molecular formula is C13H17F3N2O2. The molecule has 3 N–H and O–H groups in total. The van der Waals surface area contributed by atoms with Gasteiger partial charge in [0.25, 0.3) is 0 Å². The quantitative estimate of drug-likeness (QED) is 0.751. The number of aliphatic hydroxyl groups is 1. The lowest BCUT2D eigenvalue weighted by Gasteiger charge is -2.14. The molecule has 20 heavy (non-hydrogen) atoms. The maximum absolute atomic E-state index is 12.1. The average Bonchev–Trinajstić information content (AvgIpc) is 2.39. The van der Waals surface area contributed by atoms with E-state index >= 15 is 0 Å². The van der Waals surface area contributed by atoms with E-state index in [1.165, 1.54) is 12.1 Å². The Labute approximate surface area is 115 Å². The molecule has 0 saturated heterocycles. The molecule has 0 radical (unpaired) electrons. The first kappa shape index (κ1) is 16.5. The van der Waals surface area contributed by atoms with E-state index < -0.39 is 12.1 Å². The van der Waals surface area contributed by atoms with Crippen LogP contribution in [0.4, 0.5) is 18.9 Å². The number of carbonyl (C=O) groups excluding carboxylic acids is 1. The van der Waals surface area contributed by atoms with Crippen LogP contribution in [0.25, 0.3) is 0 Å². The summed E-state index contributed by atoms with van der Waals surface area (Å²) in [6.07, 6.45) is -4.17. The molecule has 1 aromatic rings. The zero-order chi connectivity index (χ0) is 15.2. The van der Waals surface area contributed by atoms with Gasteiger partial charge < -0.3 is 15.7 Å². The number of aliphatic hydroxyl groups excluding tert-OH is 1. The second-order valence-corrected chi connectivity index (χ2v) is 4.32. The highest BCUT2D eigenvalue weighted by atomic mass is 19.4. The van der Waals surface area contributed by atoms with Gasteiger partial charge in [0, 0.05) is 18.3 Å². The monoisotopic (exact) mass is 290 g/mol. The Balaban J connectivity index is 2.64. The van der Waals surface area contributed by atoms with E-state index in [-0.39, 0.29) is 18.3 Å². The molecule has 1 rings (SSSR count). The molecule has 0 heterocycles. The summed E-state index contributed by atoms with van der Waals surface area (Å²) in [5.41, 5.74) is 0.806. The number of rotatable bonds is 6. The molecule has 0 bridgehead atoms. The Morgan fingerprint density at radius 1 is 1.40 bits per heavy atom. The van der Waals surface area contributed by atoms with Gasteiger partial charge in [0.2, 0.25) is 0 Å². The first-order chi connectivity index (χ1) is 9.36. The fourth-order valence-electron chi connectivity index (χ4n) is 1.56. The Morgan fingerprint density at radius 3 is 2.65 bits per heavy atom. The van der Waals surface area contributed by atoms with Crippen molar-refractivity contribution in [2.45, 2.75) is 32.1 Å². The second kappa shape index (κ2) is 7.25. The molecule has 0 aliphatic carbocycles. The van der Waals surface area contributed by atoms with Crippen molar-refractivity contribution in [1.82, 2.24) is 5.32 Å². The molecule has 112 valence electrons. The molecule has 0 aliphatic rings. The van der Waals surface area contributed by atoms with E-state index in [2.05, 4.69) is 5.32 Å². The number of hydrogen-bond donors (Lipinski definition) is 3. The van der Waals surface area contributed by atoms with Crippen molar-refractivity contribution in [3.63, 3.8) is 0 Å². The molecule has 1 aromatic carbocycles. The Hall–Kier alpha value is -1.60. The fourth-order valence-corrected chi connectivity index (χ4v) is 1.56. The van der Waals surface area contributed by atoms with Crippen LogP contribution in [0.2, 0.25) is 0 Å². The SMILES string of the molecule is CC[C@H](CO)NCc1cccc(NC(=O)C(F)(F)F)c1. The summed E-state index contributed by atoms with van der Waals surface area (Å²) in [7, 11) is 0. The van der Waals surface area contributed by atoms with Crippen molar-refractivity contribution >= 4 is 11.6 Å². The van der Waals surface area contributed by atoms with Crippen LogP contribution >= 0.6 is 0 Å². The van der Waals surface area contributed by atoms with Gasteiger partial charge in [0.1, 0.15) is 0 Å². The molecule has 4 nitrogen and oxygen atoms in total. The summed E-state index contributed by atoms with van der Waals surface area (Å²) in [5, 5.41) is 13.9. The topological polar surface area (TPSA) is 61.4 Å². The van der Waals surface area contributed by atoms with Crippen LogP contribution in [0.15, 0.2) is 24.3 Å². The minimum absolute atomic E-state index is 0.0129. The van der Waals surface area contributed by atoms with Crippen LogP contribution in [0, 0.1) is 0 Å². The summed E-state index contributed by atoms with van der Waals surface area (Å²) >= 11 is 0. The second-order valence-electron chi connectivity index (χ2n) is 4.32. The number of hydrogen-bond acceptors (Lipinski definition) is 3. The highest BCUT2D eigenvalue weighted by Crippen LogP contribution is 2.18.